The molecule has 1 rings (SSSR count). The molecule has 0 amide bonds. The van der Waals surface area contributed by atoms with Crippen molar-refractivity contribution >= 4 is 5.78 Å². The van der Waals surface area contributed by atoms with Gasteiger partial charge in [0.1, 0.15) is 5.75 Å². The van der Waals surface area contributed by atoms with Crippen LogP contribution in [-0.2, 0) is 0 Å². The van der Waals surface area contributed by atoms with Crippen molar-refractivity contribution in [1.82, 2.24) is 0 Å². The minimum atomic E-state index is 0.0954. The fourth-order valence-corrected chi connectivity index (χ4v) is 1.58. The molecule has 0 unspecified atom stereocenters. The van der Waals surface area contributed by atoms with Gasteiger partial charge in [0.25, 0.3) is 0 Å². The predicted octanol–water partition coefficient (Wildman–Crippen LogP) is 3.80. The molecule has 0 atom stereocenters. The Bertz CT molecular complexity index is 378. The highest BCUT2D eigenvalue weighted by Crippen LogP contribution is 2.28. The third-order valence-corrected chi connectivity index (χ3v) is 2.40. The maximum absolute atomic E-state index is 11.3. The minimum absolute atomic E-state index is 0.0954. The molecule has 0 fully saturated rings. The van der Waals surface area contributed by atoms with Crippen LogP contribution in [0.2, 0.25) is 0 Å². The molecule has 0 aliphatic heterocycles. The Labute approximate surface area is 97.6 Å². The van der Waals surface area contributed by atoms with Gasteiger partial charge in [0.05, 0.1) is 6.10 Å². The summed E-state index contributed by atoms with van der Waals surface area (Å²) >= 11 is 0. The Morgan fingerprint density at radius 3 is 2.25 bits per heavy atom. The summed E-state index contributed by atoms with van der Waals surface area (Å²) in [5.41, 5.74) is 1.85. The Kier molecular flexibility index (Phi) is 4.11. The van der Waals surface area contributed by atoms with Crippen LogP contribution in [0.1, 0.15) is 56.5 Å². The number of carbonyl (C=O) groups excluding carboxylic acids is 1. The topological polar surface area (TPSA) is 26.3 Å². The molecule has 0 heterocycles. The fourth-order valence-electron chi connectivity index (χ4n) is 1.58. The van der Waals surface area contributed by atoms with E-state index in [4.69, 9.17) is 4.74 Å². The van der Waals surface area contributed by atoms with Crippen LogP contribution in [0, 0.1) is 0 Å². The lowest BCUT2D eigenvalue weighted by atomic mass is 9.98. The summed E-state index contributed by atoms with van der Waals surface area (Å²) in [6, 6.07) is 5.66. The van der Waals surface area contributed by atoms with Gasteiger partial charge in [-0.15, -0.1) is 0 Å². The number of ketones is 1. The number of rotatable bonds is 4. The molecule has 0 N–H and O–H groups in total. The summed E-state index contributed by atoms with van der Waals surface area (Å²) in [6.45, 7) is 9.80. The van der Waals surface area contributed by atoms with Crippen LogP contribution in [0.5, 0.6) is 5.75 Å². The quantitative estimate of drug-likeness (QED) is 0.721. The lowest BCUT2D eigenvalue weighted by molar-refractivity contribution is 0.101. The number of carbonyl (C=O) groups is 1. The number of benzene rings is 1. The van der Waals surface area contributed by atoms with Gasteiger partial charge in [-0.2, -0.15) is 0 Å². The molecule has 0 aliphatic carbocycles. The van der Waals surface area contributed by atoms with Gasteiger partial charge in [-0.05, 0) is 50.5 Å². The van der Waals surface area contributed by atoms with E-state index in [0.29, 0.717) is 5.92 Å². The first-order valence-electron chi connectivity index (χ1n) is 5.73. The predicted molar refractivity (Wildman–Crippen MR) is 66.3 cm³/mol. The second-order valence-electron chi connectivity index (χ2n) is 4.63. The maximum Gasteiger partial charge on any atom is 0.159 e. The maximum atomic E-state index is 11.3. The molecule has 0 radical (unpaired) electrons. The van der Waals surface area contributed by atoms with Crippen LogP contribution in [0.4, 0.5) is 0 Å². The highest BCUT2D eigenvalue weighted by atomic mass is 16.5. The van der Waals surface area contributed by atoms with E-state index in [1.807, 2.05) is 32.0 Å². The summed E-state index contributed by atoms with van der Waals surface area (Å²) in [4.78, 5) is 11.3. The smallest absolute Gasteiger partial charge is 0.159 e. The standard InChI is InChI=1S/C14H20O2/c1-9(2)13-8-12(11(5)15)6-7-14(13)16-10(3)4/h6-10H,1-5H3. The van der Waals surface area contributed by atoms with Crippen LogP contribution in [-0.4, -0.2) is 11.9 Å². The van der Waals surface area contributed by atoms with E-state index >= 15 is 0 Å². The third-order valence-electron chi connectivity index (χ3n) is 2.40. The van der Waals surface area contributed by atoms with E-state index in [1.54, 1.807) is 6.92 Å². The van der Waals surface area contributed by atoms with Gasteiger partial charge in [-0.3, -0.25) is 4.79 Å². The number of hydrogen-bond donors (Lipinski definition) is 0. The van der Waals surface area contributed by atoms with Crippen LogP contribution >= 0.6 is 0 Å². The molecule has 0 saturated heterocycles. The van der Waals surface area contributed by atoms with Crippen molar-refractivity contribution in [3.8, 4) is 5.75 Å². The van der Waals surface area contributed by atoms with Crippen molar-refractivity contribution in [3.63, 3.8) is 0 Å². The van der Waals surface area contributed by atoms with E-state index in [2.05, 4.69) is 13.8 Å². The van der Waals surface area contributed by atoms with Gasteiger partial charge in [0, 0.05) is 5.56 Å². The fraction of sp³-hybridized carbons (Fsp3) is 0.500. The lowest BCUT2D eigenvalue weighted by Gasteiger charge is -2.17. The molecule has 0 aromatic heterocycles. The van der Waals surface area contributed by atoms with Gasteiger partial charge < -0.3 is 4.74 Å². The monoisotopic (exact) mass is 220 g/mol. The summed E-state index contributed by atoms with van der Waals surface area (Å²) in [5.74, 6) is 1.33. The number of hydrogen-bond acceptors (Lipinski definition) is 2. The van der Waals surface area contributed by atoms with E-state index in [-0.39, 0.29) is 11.9 Å². The molecule has 2 heteroatoms. The van der Waals surface area contributed by atoms with E-state index in [0.717, 1.165) is 16.9 Å². The molecule has 0 bridgehead atoms. The highest BCUT2D eigenvalue weighted by Gasteiger charge is 2.11. The average molecular weight is 220 g/mol. The Morgan fingerprint density at radius 1 is 1.19 bits per heavy atom. The van der Waals surface area contributed by atoms with Crippen molar-refractivity contribution in [2.24, 2.45) is 0 Å². The highest BCUT2D eigenvalue weighted by molar-refractivity contribution is 5.94. The van der Waals surface area contributed by atoms with Gasteiger partial charge >= 0.3 is 0 Å². The largest absolute Gasteiger partial charge is 0.491 e. The number of Topliss-reactive ketones (excluding diaryl/α,β-unsaturated/α-hetero) is 1. The normalized spacial score (nSPS) is 10.9. The van der Waals surface area contributed by atoms with Crippen molar-refractivity contribution < 1.29 is 9.53 Å². The summed E-state index contributed by atoms with van der Waals surface area (Å²) in [6.07, 6.45) is 0.153. The van der Waals surface area contributed by atoms with Crippen LogP contribution in [0.3, 0.4) is 0 Å². The molecule has 2 nitrogen and oxygen atoms in total. The Morgan fingerprint density at radius 2 is 1.81 bits per heavy atom. The van der Waals surface area contributed by atoms with Crippen LogP contribution in [0.25, 0.3) is 0 Å². The van der Waals surface area contributed by atoms with Gasteiger partial charge in [0.15, 0.2) is 5.78 Å². The minimum Gasteiger partial charge on any atom is -0.491 e. The van der Waals surface area contributed by atoms with Gasteiger partial charge in [-0.1, -0.05) is 13.8 Å². The molecule has 0 spiro atoms. The van der Waals surface area contributed by atoms with E-state index in [1.165, 1.54) is 0 Å². The zero-order valence-electron chi connectivity index (χ0n) is 10.7. The van der Waals surface area contributed by atoms with Crippen molar-refractivity contribution in [2.75, 3.05) is 0 Å². The molecular formula is C14H20O2. The first-order valence-corrected chi connectivity index (χ1v) is 5.73. The van der Waals surface area contributed by atoms with Crippen molar-refractivity contribution in [2.45, 2.75) is 46.6 Å². The summed E-state index contributed by atoms with van der Waals surface area (Å²) < 4.78 is 5.73. The second-order valence-corrected chi connectivity index (χ2v) is 4.63. The SMILES string of the molecule is CC(=O)c1ccc(OC(C)C)c(C(C)C)c1. The van der Waals surface area contributed by atoms with Gasteiger partial charge in [0.2, 0.25) is 0 Å². The summed E-state index contributed by atoms with van der Waals surface area (Å²) in [7, 11) is 0. The summed E-state index contributed by atoms with van der Waals surface area (Å²) in [5, 5.41) is 0. The molecule has 1 aromatic rings. The van der Waals surface area contributed by atoms with Crippen molar-refractivity contribution in [3.05, 3.63) is 29.3 Å². The lowest BCUT2D eigenvalue weighted by Crippen LogP contribution is -2.09. The Balaban J connectivity index is 3.14. The first-order chi connectivity index (χ1) is 7.41. The molecule has 1 aromatic carbocycles. The molecular weight excluding hydrogens is 200 g/mol. The van der Waals surface area contributed by atoms with E-state index < -0.39 is 0 Å². The van der Waals surface area contributed by atoms with Gasteiger partial charge in [-0.25, -0.2) is 0 Å². The molecule has 0 saturated carbocycles. The molecule has 0 aliphatic rings. The first kappa shape index (κ1) is 12.8. The van der Waals surface area contributed by atoms with E-state index in [9.17, 15) is 4.79 Å². The van der Waals surface area contributed by atoms with Crippen LogP contribution < -0.4 is 4.74 Å². The third kappa shape index (κ3) is 3.09. The zero-order chi connectivity index (χ0) is 12.3. The van der Waals surface area contributed by atoms with Crippen LogP contribution in [0.15, 0.2) is 18.2 Å². The second kappa shape index (κ2) is 5.15. The molecule has 16 heavy (non-hydrogen) atoms. The number of ether oxygens (including phenoxy) is 1. The molecule has 88 valence electrons. The zero-order valence-corrected chi connectivity index (χ0v) is 10.7. The average Bonchev–Trinajstić information content (AvgIpc) is 2.16. The van der Waals surface area contributed by atoms with Crippen molar-refractivity contribution in [1.29, 1.82) is 0 Å². The Hall–Kier alpha value is -1.31.